The number of nitrogens with zero attached hydrogens (tertiary/aromatic N) is 2. The number of aliphatic hydroxyl groups is 1. The molecule has 1 aromatic carbocycles. The predicted octanol–water partition coefficient (Wildman–Crippen LogP) is 4.00. The molecule has 2 aromatic heterocycles. The van der Waals surface area contributed by atoms with Crippen LogP contribution in [0, 0.1) is 5.92 Å². The maximum Gasteiger partial charge on any atom is 0.257 e. The third kappa shape index (κ3) is 5.57. The van der Waals surface area contributed by atoms with Gasteiger partial charge in [0.05, 0.1) is 5.39 Å². The minimum atomic E-state index is -0.742. The van der Waals surface area contributed by atoms with Crippen molar-refractivity contribution in [1.29, 1.82) is 0 Å². The van der Waals surface area contributed by atoms with Crippen LogP contribution >= 0.6 is 22.9 Å². The number of aromatic nitrogens is 1. The third-order valence-electron chi connectivity index (χ3n) is 6.50. The van der Waals surface area contributed by atoms with Crippen molar-refractivity contribution in [2.24, 2.45) is 13.0 Å². The molecule has 3 heterocycles. The van der Waals surface area contributed by atoms with Crippen LogP contribution in [0.5, 0.6) is 0 Å². The number of hydrogen-bond acceptors (Lipinski definition) is 6. The zero-order chi connectivity index (χ0) is 26.1. The number of ether oxygens (including phenoxy) is 1. The van der Waals surface area contributed by atoms with Crippen molar-refractivity contribution in [2.75, 3.05) is 13.6 Å². The molecule has 5 rings (SSSR count). The third-order valence-corrected chi connectivity index (χ3v) is 7.96. The van der Waals surface area contributed by atoms with E-state index < -0.39 is 12.0 Å². The van der Waals surface area contributed by atoms with Gasteiger partial charge in [-0.15, -0.1) is 11.3 Å². The Balaban J connectivity index is 1.26. The monoisotopic (exact) mass is 537 g/mol. The average Bonchev–Trinajstić information content (AvgIpc) is 3.50. The number of allylic oxidation sites excluding steroid dienone is 2. The fourth-order valence-electron chi connectivity index (χ4n) is 4.60. The first kappa shape index (κ1) is 25.5. The molecule has 1 aliphatic carbocycles. The van der Waals surface area contributed by atoms with E-state index in [0.29, 0.717) is 35.8 Å². The van der Waals surface area contributed by atoms with Crippen LogP contribution in [0.3, 0.4) is 0 Å². The van der Waals surface area contributed by atoms with Crippen LogP contribution in [0.2, 0.25) is 5.02 Å². The molecule has 2 N–H and O–H groups in total. The van der Waals surface area contributed by atoms with Crippen LogP contribution in [-0.4, -0.2) is 46.3 Å². The summed E-state index contributed by atoms with van der Waals surface area (Å²) in [6.45, 7) is 1.24. The lowest BCUT2D eigenvalue weighted by atomic mass is 9.99. The molecule has 1 aliphatic heterocycles. The highest BCUT2D eigenvalue weighted by Gasteiger charge is 2.30. The van der Waals surface area contributed by atoms with Crippen molar-refractivity contribution in [2.45, 2.75) is 25.3 Å². The van der Waals surface area contributed by atoms with Gasteiger partial charge in [-0.1, -0.05) is 42.0 Å². The van der Waals surface area contributed by atoms with E-state index in [2.05, 4.69) is 11.4 Å². The Kier molecular flexibility index (Phi) is 7.35. The Labute approximate surface area is 223 Å². The van der Waals surface area contributed by atoms with Gasteiger partial charge in [-0.25, -0.2) is 0 Å². The lowest BCUT2D eigenvalue weighted by Crippen LogP contribution is -2.30. The summed E-state index contributed by atoms with van der Waals surface area (Å²) in [5.41, 5.74) is 0.705. The van der Waals surface area contributed by atoms with Gasteiger partial charge in [0.15, 0.2) is 0 Å². The van der Waals surface area contributed by atoms with E-state index in [9.17, 15) is 14.7 Å². The Morgan fingerprint density at radius 3 is 2.78 bits per heavy atom. The Bertz CT molecular complexity index is 1470. The summed E-state index contributed by atoms with van der Waals surface area (Å²) in [5, 5.41) is 14.7. The first-order valence-corrected chi connectivity index (χ1v) is 13.2. The molecule has 3 unspecified atom stereocenters. The van der Waals surface area contributed by atoms with Crippen molar-refractivity contribution >= 4 is 39.1 Å². The number of aliphatic hydroxyl groups excluding tert-OH is 1. The average molecular weight is 538 g/mol. The second kappa shape index (κ2) is 10.7. The van der Waals surface area contributed by atoms with Gasteiger partial charge in [-0.2, -0.15) is 0 Å². The topological polar surface area (TPSA) is 83.8 Å². The Morgan fingerprint density at radius 2 is 2.03 bits per heavy atom. The zero-order valence-electron chi connectivity index (χ0n) is 20.6. The second-order valence-corrected chi connectivity index (χ2v) is 11.0. The van der Waals surface area contributed by atoms with Crippen molar-refractivity contribution in [3.05, 3.63) is 104 Å². The number of halogens is 1. The van der Waals surface area contributed by atoms with Crippen LogP contribution in [0.1, 0.15) is 20.8 Å². The highest BCUT2D eigenvalue weighted by molar-refractivity contribution is 7.18. The molecule has 0 radical (unpaired) electrons. The standard InChI is InChI=1S/C28H28ClN3O4S/c1-31(16-23(33)25-11-18-5-3-4-6-24(18)36-25)14-20-12-21-26(34)22(15-32(2)28(21)37-20)27(35)30-13-17-7-9-19(29)10-8-17/h3-12,15,18,23-24,33H,13-14,16H2,1-2H3,(H,30,35). The molecule has 2 aliphatic rings. The van der Waals surface area contributed by atoms with Gasteiger partial charge in [-0.3, -0.25) is 14.5 Å². The lowest BCUT2D eigenvalue weighted by molar-refractivity contribution is 0.0660. The number of pyridine rings is 1. The van der Waals surface area contributed by atoms with Gasteiger partial charge in [0, 0.05) is 48.7 Å². The van der Waals surface area contributed by atoms with Gasteiger partial charge in [0.1, 0.15) is 28.4 Å². The van der Waals surface area contributed by atoms with Gasteiger partial charge in [0.2, 0.25) is 5.43 Å². The molecule has 3 aromatic rings. The molecule has 0 fully saturated rings. The van der Waals surface area contributed by atoms with Crippen molar-refractivity contribution in [3.63, 3.8) is 0 Å². The molecule has 7 nitrogen and oxygen atoms in total. The summed E-state index contributed by atoms with van der Waals surface area (Å²) in [4.78, 5) is 29.8. The molecule has 0 saturated carbocycles. The van der Waals surface area contributed by atoms with E-state index in [1.165, 1.54) is 11.3 Å². The minimum absolute atomic E-state index is 0.0457. The molecule has 0 bridgehead atoms. The molecule has 0 spiro atoms. The molecule has 9 heteroatoms. The molecule has 192 valence electrons. The molecular weight excluding hydrogens is 510 g/mol. The highest BCUT2D eigenvalue weighted by atomic mass is 35.5. The van der Waals surface area contributed by atoms with Gasteiger partial charge >= 0.3 is 0 Å². The Morgan fingerprint density at radius 1 is 1.27 bits per heavy atom. The quantitative estimate of drug-likeness (QED) is 0.454. The fourth-order valence-corrected chi connectivity index (χ4v) is 5.89. The SMILES string of the molecule is CN(Cc1cc2c(=O)c(C(=O)NCc3ccc(Cl)cc3)cn(C)c2s1)CC(O)C1=CC2C=CC=CC2O1. The van der Waals surface area contributed by atoms with Gasteiger partial charge < -0.3 is 19.7 Å². The van der Waals surface area contributed by atoms with E-state index >= 15 is 0 Å². The number of thiophene rings is 1. The van der Waals surface area contributed by atoms with Crippen LogP contribution in [0.4, 0.5) is 0 Å². The predicted molar refractivity (Wildman–Crippen MR) is 147 cm³/mol. The number of benzene rings is 1. The Hall–Kier alpha value is -3.17. The lowest BCUT2D eigenvalue weighted by Gasteiger charge is -2.21. The molecule has 3 atom stereocenters. The first-order valence-electron chi connectivity index (χ1n) is 12.0. The number of aryl methyl sites for hydroxylation is 1. The summed E-state index contributed by atoms with van der Waals surface area (Å²) in [7, 11) is 3.75. The number of likely N-dealkylation sites (N-methyl/N-ethyl adjacent to an activating group) is 1. The number of amides is 1. The molecular formula is C28H28ClN3O4S. The van der Waals surface area contributed by atoms with E-state index in [-0.39, 0.29) is 23.0 Å². The summed E-state index contributed by atoms with van der Waals surface area (Å²) in [6.07, 6.45) is 10.8. The maximum absolute atomic E-state index is 13.2. The van der Waals surface area contributed by atoms with Crippen LogP contribution in [0.25, 0.3) is 10.2 Å². The molecule has 0 saturated heterocycles. The smallest absolute Gasteiger partial charge is 0.257 e. The second-order valence-electron chi connectivity index (χ2n) is 9.43. The van der Waals surface area contributed by atoms with Gasteiger partial charge in [-0.05, 0) is 43.0 Å². The maximum atomic E-state index is 13.2. The van der Waals surface area contributed by atoms with Crippen molar-refractivity contribution in [3.8, 4) is 0 Å². The summed E-state index contributed by atoms with van der Waals surface area (Å²) < 4.78 is 7.72. The van der Waals surface area contributed by atoms with Crippen LogP contribution in [0.15, 0.2) is 77.5 Å². The van der Waals surface area contributed by atoms with Crippen LogP contribution in [-0.2, 0) is 24.9 Å². The van der Waals surface area contributed by atoms with Gasteiger partial charge in [0.25, 0.3) is 5.91 Å². The molecule has 37 heavy (non-hydrogen) atoms. The molecule has 1 amide bonds. The first-order chi connectivity index (χ1) is 17.8. The number of rotatable bonds is 8. The van der Waals surface area contributed by atoms with E-state index in [1.54, 1.807) is 18.3 Å². The normalized spacial score (nSPS) is 19.1. The number of fused-ring (bicyclic) bond motifs is 2. The van der Waals surface area contributed by atoms with E-state index in [1.807, 2.05) is 66.1 Å². The van der Waals surface area contributed by atoms with Crippen LogP contribution < -0.4 is 10.7 Å². The zero-order valence-corrected chi connectivity index (χ0v) is 22.1. The van der Waals surface area contributed by atoms with Crippen molar-refractivity contribution in [1.82, 2.24) is 14.8 Å². The highest BCUT2D eigenvalue weighted by Crippen LogP contribution is 2.30. The summed E-state index contributed by atoms with van der Waals surface area (Å²) >= 11 is 7.42. The number of nitrogens with one attached hydrogen (secondary N) is 1. The van der Waals surface area contributed by atoms with Crippen molar-refractivity contribution < 1.29 is 14.6 Å². The number of carbonyl (C=O) groups excluding carboxylic acids is 1. The number of carbonyl (C=O) groups is 1. The largest absolute Gasteiger partial charge is 0.487 e. The summed E-state index contributed by atoms with van der Waals surface area (Å²) in [5.74, 6) is 0.341. The fraction of sp³-hybridized carbons (Fsp3) is 0.286. The van der Waals surface area contributed by atoms with E-state index in [0.717, 1.165) is 15.3 Å². The summed E-state index contributed by atoms with van der Waals surface area (Å²) in [6, 6.07) is 9.03. The minimum Gasteiger partial charge on any atom is -0.487 e. The number of hydrogen-bond donors (Lipinski definition) is 2. The van der Waals surface area contributed by atoms with E-state index in [4.69, 9.17) is 16.3 Å².